The van der Waals surface area contributed by atoms with Gasteiger partial charge < -0.3 is 0 Å². The average Bonchev–Trinajstić information content (AvgIpc) is 2.70. The van der Waals surface area contributed by atoms with Gasteiger partial charge in [0.25, 0.3) is 0 Å². The Kier molecular flexibility index (Phi) is 7.46. The van der Waals surface area contributed by atoms with Crippen LogP contribution < -0.4 is 14.0 Å². The lowest BCUT2D eigenvalue weighted by Gasteiger charge is -2.50. The summed E-state index contributed by atoms with van der Waals surface area (Å²) in [6, 6.07) is 16.2. The molecule has 1 aliphatic heterocycles. The quantitative estimate of drug-likeness (QED) is 0.640. The molecular formula is C22H22Cl3NO5. The molecule has 1 aliphatic carbocycles. The molecular weight excluding hydrogens is 465 g/mol. The van der Waals surface area contributed by atoms with Crippen LogP contribution in [0.15, 0.2) is 54.1 Å². The third-order valence-corrected chi connectivity index (χ3v) is 6.63. The van der Waals surface area contributed by atoms with Crippen LogP contribution in [-0.2, 0) is 10.2 Å². The van der Waals surface area contributed by atoms with Crippen molar-refractivity contribution in [2.24, 2.45) is 0 Å². The molecule has 31 heavy (non-hydrogen) atoms. The van der Waals surface area contributed by atoms with E-state index in [-0.39, 0.29) is 17.2 Å². The number of piperidine rings is 1. The minimum Gasteiger partial charge on any atom is -0.299 e. The molecule has 1 saturated carbocycles. The minimum absolute atomic E-state index is 0.0372. The maximum atomic E-state index is 13.1. The number of halogens is 3. The topological polar surface area (TPSA) is 110 Å². The Bertz CT molecular complexity index is 971. The van der Waals surface area contributed by atoms with Gasteiger partial charge >= 0.3 is 0 Å². The average molecular weight is 487 g/mol. The lowest BCUT2D eigenvalue weighted by atomic mass is 9.61. The van der Waals surface area contributed by atoms with Crippen molar-refractivity contribution in [3.63, 3.8) is 0 Å². The summed E-state index contributed by atoms with van der Waals surface area (Å²) in [6.45, 7) is 0.992. The van der Waals surface area contributed by atoms with E-state index in [1.165, 1.54) is 5.56 Å². The number of benzene rings is 2. The molecule has 2 aliphatic rings. The molecule has 2 aromatic carbocycles. The monoisotopic (exact) mass is 485 g/mol. The molecule has 0 amide bonds. The van der Waals surface area contributed by atoms with Crippen molar-refractivity contribution in [1.29, 1.82) is 0 Å². The van der Waals surface area contributed by atoms with Crippen molar-refractivity contribution in [1.82, 2.24) is 4.90 Å². The minimum atomic E-state index is -4.69. The van der Waals surface area contributed by atoms with Gasteiger partial charge in [0.05, 0.1) is 24.9 Å². The summed E-state index contributed by atoms with van der Waals surface area (Å²) in [5, 5.41) is 1.04. The van der Waals surface area contributed by atoms with Crippen LogP contribution in [0.4, 0.5) is 0 Å². The normalized spacial score (nSPS) is 25.2. The second-order valence-electron chi connectivity index (χ2n) is 7.87. The fourth-order valence-corrected chi connectivity index (χ4v) is 4.70. The van der Waals surface area contributed by atoms with Gasteiger partial charge in [-0.2, -0.15) is 14.0 Å². The number of hydrogen-bond acceptors (Lipinski definition) is 6. The van der Waals surface area contributed by atoms with Crippen LogP contribution in [-0.4, -0.2) is 35.0 Å². The number of hydrogen-bond donors (Lipinski definition) is 1. The van der Waals surface area contributed by atoms with Crippen molar-refractivity contribution in [2.75, 3.05) is 13.6 Å². The number of carbonyl (C=O) groups excluding carboxylic acids is 1. The van der Waals surface area contributed by atoms with E-state index in [2.05, 4.69) is 36.2 Å². The molecule has 2 unspecified atom stereocenters. The molecule has 2 aromatic rings. The summed E-state index contributed by atoms with van der Waals surface area (Å²) in [4.78, 5) is 15.4. The largest absolute Gasteiger partial charge is 0.299 e. The van der Waals surface area contributed by atoms with Crippen LogP contribution in [0.3, 0.4) is 0 Å². The van der Waals surface area contributed by atoms with Gasteiger partial charge in [-0.05, 0) is 55.8 Å². The van der Waals surface area contributed by atoms with Gasteiger partial charge in [-0.1, -0.05) is 59.6 Å². The van der Waals surface area contributed by atoms with Crippen molar-refractivity contribution in [2.45, 2.75) is 30.7 Å². The molecule has 2 bridgehead atoms. The Morgan fingerprint density at radius 2 is 1.77 bits per heavy atom. The molecule has 1 N–H and O–H groups in total. The van der Waals surface area contributed by atoms with Crippen molar-refractivity contribution >= 4 is 35.1 Å². The van der Waals surface area contributed by atoms with E-state index in [1.54, 1.807) is 6.07 Å². The van der Waals surface area contributed by atoms with E-state index in [0.29, 0.717) is 16.5 Å². The highest BCUT2D eigenvalue weighted by molar-refractivity contribution is 6.42. The number of rotatable bonds is 2. The van der Waals surface area contributed by atoms with Gasteiger partial charge in [-0.3, -0.25) is 9.69 Å². The lowest BCUT2D eigenvalue weighted by Crippen LogP contribution is -2.58. The maximum absolute atomic E-state index is 13.1. The zero-order valence-corrected chi connectivity index (χ0v) is 19.0. The maximum Gasteiger partial charge on any atom is 0.161 e. The molecule has 9 heteroatoms. The first-order valence-electron chi connectivity index (χ1n) is 9.57. The molecule has 4 rings (SSSR count). The highest BCUT2D eigenvalue weighted by Crippen LogP contribution is 2.47. The van der Waals surface area contributed by atoms with E-state index in [1.807, 2.05) is 24.3 Å². The number of ketones is 1. The van der Waals surface area contributed by atoms with Gasteiger partial charge in [0, 0.05) is 23.5 Å². The van der Waals surface area contributed by atoms with E-state index < -0.39 is 10.2 Å². The standard InChI is InChI=1S/C22H21Cl2NO.ClHO4/c1-25-10-9-22(16-5-3-2-4-6-16)13-20(25)17(21(26)14-22)11-15-7-8-18(23)19(24)12-15;2-1(3,4)5/h2-8,11-12,20H,9-10,13-14H2,1H3;(H,2,3,4,5)/b17-11+;. The second kappa shape index (κ2) is 9.57. The third kappa shape index (κ3) is 6.06. The summed E-state index contributed by atoms with van der Waals surface area (Å²) in [5.41, 5.74) is 3.07. The van der Waals surface area contributed by atoms with Crippen molar-refractivity contribution in [3.05, 3.63) is 75.3 Å². The Balaban J connectivity index is 0.000000491. The summed E-state index contributed by atoms with van der Waals surface area (Å²) in [5.74, 6) is 0.239. The Labute approximate surface area is 193 Å². The van der Waals surface area contributed by atoms with Crippen LogP contribution in [0.2, 0.25) is 10.0 Å². The molecule has 0 spiro atoms. The molecule has 0 aromatic heterocycles. The van der Waals surface area contributed by atoms with E-state index in [9.17, 15) is 4.79 Å². The molecule has 1 heterocycles. The number of Topliss-reactive ketones (excluding diaryl/α,β-unsaturated/α-hetero) is 1. The SMILES string of the molecule is CN1CCC2(c3ccccc3)CC(=O)/C(=C/c3ccc(Cl)c(Cl)c3)C1C2.[O-][Cl+3]([O-])([O-])O. The third-order valence-electron chi connectivity index (χ3n) is 5.89. The summed E-state index contributed by atoms with van der Waals surface area (Å²) < 4.78 is 32.7. The first-order chi connectivity index (χ1) is 14.5. The Morgan fingerprint density at radius 1 is 1.13 bits per heavy atom. The summed E-state index contributed by atoms with van der Waals surface area (Å²) >= 11 is 12.2. The number of nitrogens with zero attached hydrogens (tertiary/aromatic N) is 1. The fraction of sp³-hybridized carbons (Fsp3) is 0.318. The number of fused-ring (bicyclic) bond motifs is 2. The second-order valence-corrected chi connectivity index (χ2v) is 9.47. The van der Waals surface area contributed by atoms with Gasteiger partial charge in [0.2, 0.25) is 0 Å². The highest BCUT2D eigenvalue weighted by Gasteiger charge is 2.48. The van der Waals surface area contributed by atoms with Gasteiger partial charge in [0.15, 0.2) is 5.78 Å². The van der Waals surface area contributed by atoms with Crippen LogP contribution in [0.25, 0.3) is 6.08 Å². The fourth-order valence-electron chi connectivity index (χ4n) is 4.39. The summed E-state index contributed by atoms with van der Waals surface area (Å²) in [7, 11) is -2.58. The van der Waals surface area contributed by atoms with Crippen molar-refractivity contribution < 1.29 is 33.7 Å². The zero-order valence-electron chi connectivity index (χ0n) is 16.8. The van der Waals surface area contributed by atoms with Gasteiger partial charge in [0.1, 0.15) is 0 Å². The summed E-state index contributed by atoms with van der Waals surface area (Å²) in [6.07, 6.45) is 4.57. The molecule has 2 fully saturated rings. The van der Waals surface area contributed by atoms with Crippen LogP contribution in [0, 0.1) is 10.2 Å². The smallest absolute Gasteiger partial charge is 0.161 e. The van der Waals surface area contributed by atoms with E-state index in [4.69, 9.17) is 41.8 Å². The predicted octanol–water partition coefficient (Wildman–Crippen LogP) is 1.26. The van der Waals surface area contributed by atoms with Crippen LogP contribution >= 0.6 is 23.2 Å². The Hall–Kier alpha value is -1.48. The van der Waals surface area contributed by atoms with Gasteiger partial charge in [-0.25, -0.2) is 0 Å². The number of carbonyl (C=O) groups is 1. The number of likely N-dealkylation sites (N-methyl/N-ethyl adjacent to an activating group) is 1. The molecule has 166 valence electrons. The molecule has 1 saturated heterocycles. The number of likely N-dealkylation sites (tertiary alicyclic amines) is 1. The lowest BCUT2D eigenvalue weighted by molar-refractivity contribution is -1.92. The van der Waals surface area contributed by atoms with E-state index in [0.717, 1.165) is 30.5 Å². The molecule has 6 nitrogen and oxygen atoms in total. The van der Waals surface area contributed by atoms with Gasteiger partial charge in [-0.15, -0.1) is 0 Å². The zero-order chi connectivity index (χ0) is 22.8. The van der Waals surface area contributed by atoms with E-state index >= 15 is 0 Å². The first-order valence-corrected chi connectivity index (χ1v) is 11.6. The van der Waals surface area contributed by atoms with Crippen molar-refractivity contribution in [3.8, 4) is 0 Å². The first kappa shape index (κ1) is 24.2. The highest BCUT2D eigenvalue weighted by atomic mass is 35.7. The van der Waals surface area contributed by atoms with Crippen LogP contribution in [0.1, 0.15) is 30.4 Å². The molecule has 0 radical (unpaired) electrons. The van der Waals surface area contributed by atoms with Crippen LogP contribution in [0.5, 0.6) is 0 Å². The Morgan fingerprint density at radius 3 is 2.39 bits per heavy atom. The molecule has 2 atom stereocenters. The predicted molar refractivity (Wildman–Crippen MR) is 110 cm³/mol.